The molecule has 3 rings (SSSR count). The lowest BCUT2D eigenvalue weighted by molar-refractivity contribution is -0.127. The van der Waals surface area contributed by atoms with Gasteiger partial charge in [-0.2, -0.15) is 0 Å². The molecule has 1 fully saturated rings. The molecule has 2 aromatic carbocycles. The Hall–Kier alpha value is -2.82. The molecular formula is C23H29N3O2. The molecule has 5 heteroatoms. The second-order valence-electron chi connectivity index (χ2n) is 7.65. The Bertz CT molecular complexity index is 799. The van der Waals surface area contributed by atoms with Crippen LogP contribution in [0.3, 0.4) is 0 Å². The second kappa shape index (κ2) is 9.40. The Balaban J connectivity index is 1.67. The van der Waals surface area contributed by atoms with Gasteiger partial charge in [0, 0.05) is 13.1 Å². The highest BCUT2D eigenvalue weighted by atomic mass is 16.2. The summed E-state index contributed by atoms with van der Waals surface area (Å²) in [7, 11) is 0. The Morgan fingerprint density at radius 1 is 0.964 bits per heavy atom. The van der Waals surface area contributed by atoms with Crippen LogP contribution >= 0.6 is 0 Å². The van der Waals surface area contributed by atoms with E-state index in [1.807, 2.05) is 68.4 Å². The molecule has 0 radical (unpaired) electrons. The first-order valence-corrected chi connectivity index (χ1v) is 10.0. The van der Waals surface area contributed by atoms with E-state index >= 15 is 0 Å². The van der Waals surface area contributed by atoms with Gasteiger partial charge in [0.25, 0.3) is 0 Å². The summed E-state index contributed by atoms with van der Waals surface area (Å²) in [5, 5.41) is 5.95. The minimum Gasteiger partial charge on any atom is -0.370 e. The molecular weight excluding hydrogens is 350 g/mol. The van der Waals surface area contributed by atoms with E-state index in [2.05, 4.69) is 15.5 Å². The molecule has 5 nitrogen and oxygen atoms in total. The zero-order chi connectivity index (χ0) is 19.9. The van der Waals surface area contributed by atoms with Gasteiger partial charge in [0.1, 0.15) is 6.04 Å². The highest BCUT2D eigenvalue weighted by Crippen LogP contribution is 2.28. The highest BCUT2D eigenvalue weighted by molar-refractivity contribution is 5.99. The van der Waals surface area contributed by atoms with Crippen LogP contribution in [0, 0.1) is 5.92 Å². The Morgan fingerprint density at radius 3 is 2.29 bits per heavy atom. The zero-order valence-electron chi connectivity index (χ0n) is 16.7. The number of rotatable bonds is 7. The van der Waals surface area contributed by atoms with Gasteiger partial charge in [0.2, 0.25) is 11.8 Å². The predicted octanol–water partition coefficient (Wildman–Crippen LogP) is 3.61. The first-order valence-electron chi connectivity index (χ1n) is 10.0. The number of carbonyl (C=O) groups is 2. The van der Waals surface area contributed by atoms with Crippen molar-refractivity contribution >= 4 is 23.2 Å². The van der Waals surface area contributed by atoms with Crippen molar-refractivity contribution in [2.45, 2.75) is 39.2 Å². The average Bonchev–Trinajstić information content (AvgIpc) is 3.21. The maximum Gasteiger partial charge on any atom is 0.247 e. The van der Waals surface area contributed by atoms with Gasteiger partial charge < -0.3 is 15.5 Å². The van der Waals surface area contributed by atoms with Gasteiger partial charge in [-0.15, -0.1) is 0 Å². The Kier molecular flexibility index (Phi) is 6.69. The van der Waals surface area contributed by atoms with Gasteiger partial charge in [-0.3, -0.25) is 9.59 Å². The summed E-state index contributed by atoms with van der Waals surface area (Å²) in [6.07, 6.45) is 2.61. The maximum absolute atomic E-state index is 13.0. The summed E-state index contributed by atoms with van der Waals surface area (Å²) >= 11 is 0. The normalized spacial score (nSPS) is 14.8. The van der Waals surface area contributed by atoms with Crippen LogP contribution in [0.4, 0.5) is 11.4 Å². The molecule has 2 N–H and O–H groups in total. The van der Waals surface area contributed by atoms with Crippen LogP contribution in [0.15, 0.2) is 54.6 Å². The number of anilines is 2. The molecule has 1 heterocycles. The van der Waals surface area contributed by atoms with E-state index in [0.717, 1.165) is 30.0 Å². The van der Waals surface area contributed by atoms with Crippen molar-refractivity contribution < 1.29 is 9.59 Å². The monoisotopic (exact) mass is 379 g/mol. The molecule has 1 saturated heterocycles. The van der Waals surface area contributed by atoms with Gasteiger partial charge in [-0.25, -0.2) is 0 Å². The number of amides is 2. The van der Waals surface area contributed by atoms with Crippen LogP contribution in [0.1, 0.15) is 32.3 Å². The minimum absolute atomic E-state index is 0.0151. The van der Waals surface area contributed by atoms with Crippen molar-refractivity contribution in [2.75, 3.05) is 23.3 Å². The molecule has 0 aliphatic carbocycles. The number of para-hydroxylation sites is 2. The fourth-order valence-corrected chi connectivity index (χ4v) is 3.56. The maximum atomic E-state index is 13.0. The standard InChI is InChI=1S/C23H29N3O2/c1-17(2)22(25-21(27)16-18-10-4-3-5-11-18)23(28)24-19-12-6-7-13-20(19)26-14-8-9-15-26/h3-7,10-13,17,22H,8-9,14-16H2,1-2H3,(H,24,28)(H,25,27)/t22-/m0/s1. The fourth-order valence-electron chi connectivity index (χ4n) is 3.56. The number of benzene rings is 2. The molecule has 0 spiro atoms. The predicted molar refractivity (Wildman–Crippen MR) is 113 cm³/mol. The van der Waals surface area contributed by atoms with Crippen LogP contribution in [-0.2, 0) is 16.0 Å². The van der Waals surface area contributed by atoms with E-state index in [-0.39, 0.29) is 24.2 Å². The number of hydrogen-bond acceptors (Lipinski definition) is 3. The fraction of sp³-hybridized carbons (Fsp3) is 0.391. The first-order chi connectivity index (χ1) is 13.5. The molecule has 2 amide bonds. The SMILES string of the molecule is CC(C)[C@H](NC(=O)Cc1ccccc1)C(=O)Nc1ccccc1N1CCCC1. The third-order valence-electron chi connectivity index (χ3n) is 5.08. The first kappa shape index (κ1) is 19.9. The summed E-state index contributed by atoms with van der Waals surface area (Å²) in [4.78, 5) is 27.7. The number of nitrogens with zero attached hydrogens (tertiary/aromatic N) is 1. The quantitative estimate of drug-likeness (QED) is 0.773. The van der Waals surface area contributed by atoms with Crippen LogP contribution in [0.5, 0.6) is 0 Å². The lowest BCUT2D eigenvalue weighted by atomic mass is 10.0. The van der Waals surface area contributed by atoms with Crippen LogP contribution in [-0.4, -0.2) is 30.9 Å². The van der Waals surface area contributed by atoms with Crippen molar-refractivity contribution in [2.24, 2.45) is 5.92 Å². The molecule has 0 unspecified atom stereocenters. The van der Waals surface area contributed by atoms with E-state index in [1.54, 1.807) is 0 Å². The molecule has 0 bridgehead atoms. The minimum atomic E-state index is -0.581. The van der Waals surface area contributed by atoms with Gasteiger partial charge >= 0.3 is 0 Å². The molecule has 1 aliphatic heterocycles. The smallest absolute Gasteiger partial charge is 0.247 e. The molecule has 148 valence electrons. The molecule has 0 aromatic heterocycles. The third-order valence-corrected chi connectivity index (χ3v) is 5.08. The van der Waals surface area contributed by atoms with Gasteiger partial charge in [0.05, 0.1) is 17.8 Å². The van der Waals surface area contributed by atoms with Gasteiger partial charge in [-0.1, -0.05) is 56.3 Å². The van der Waals surface area contributed by atoms with E-state index < -0.39 is 6.04 Å². The largest absolute Gasteiger partial charge is 0.370 e. The number of hydrogen-bond donors (Lipinski definition) is 2. The van der Waals surface area contributed by atoms with Crippen molar-refractivity contribution in [3.05, 3.63) is 60.2 Å². The number of nitrogens with one attached hydrogen (secondary N) is 2. The van der Waals surface area contributed by atoms with Crippen LogP contribution in [0.25, 0.3) is 0 Å². The molecule has 2 aromatic rings. The van der Waals surface area contributed by atoms with E-state index in [1.165, 1.54) is 12.8 Å². The topological polar surface area (TPSA) is 61.4 Å². The molecule has 0 saturated carbocycles. The lowest BCUT2D eigenvalue weighted by Crippen LogP contribution is -2.47. The van der Waals surface area contributed by atoms with E-state index in [0.29, 0.717) is 0 Å². The van der Waals surface area contributed by atoms with Crippen LogP contribution < -0.4 is 15.5 Å². The lowest BCUT2D eigenvalue weighted by Gasteiger charge is -2.25. The zero-order valence-corrected chi connectivity index (χ0v) is 16.7. The van der Waals surface area contributed by atoms with Crippen molar-refractivity contribution in [1.82, 2.24) is 5.32 Å². The van der Waals surface area contributed by atoms with E-state index in [9.17, 15) is 9.59 Å². The summed E-state index contributed by atoms with van der Waals surface area (Å²) < 4.78 is 0. The van der Waals surface area contributed by atoms with Crippen LogP contribution in [0.2, 0.25) is 0 Å². The summed E-state index contributed by atoms with van der Waals surface area (Å²) in [5.74, 6) is -0.338. The summed E-state index contributed by atoms with van der Waals surface area (Å²) in [5.41, 5.74) is 2.78. The second-order valence-corrected chi connectivity index (χ2v) is 7.65. The highest BCUT2D eigenvalue weighted by Gasteiger charge is 2.25. The van der Waals surface area contributed by atoms with Crippen molar-refractivity contribution in [3.63, 3.8) is 0 Å². The van der Waals surface area contributed by atoms with Crippen molar-refractivity contribution in [1.29, 1.82) is 0 Å². The third kappa shape index (κ3) is 5.12. The summed E-state index contributed by atoms with van der Waals surface area (Å²) in [6.45, 7) is 5.90. The number of carbonyl (C=O) groups excluding carboxylic acids is 2. The Morgan fingerprint density at radius 2 is 1.61 bits per heavy atom. The van der Waals surface area contributed by atoms with Gasteiger partial charge in [0.15, 0.2) is 0 Å². The molecule has 1 aliphatic rings. The molecule has 1 atom stereocenters. The average molecular weight is 380 g/mol. The van der Waals surface area contributed by atoms with E-state index in [4.69, 9.17) is 0 Å². The van der Waals surface area contributed by atoms with Gasteiger partial charge in [-0.05, 0) is 36.5 Å². The van der Waals surface area contributed by atoms with Crippen molar-refractivity contribution in [3.8, 4) is 0 Å². The summed E-state index contributed by atoms with van der Waals surface area (Å²) in [6, 6.07) is 16.9. The molecule has 28 heavy (non-hydrogen) atoms. The Labute approximate surface area is 167 Å².